The number of hydrogen-bond donors (Lipinski definition) is 0. The summed E-state index contributed by atoms with van der Waals surface area (Å²) < 4.78 is 12.8. The van der Waals surface area contributed by atoms with Gasteiger partial charge in [0.25, 0.3) is 0 Å². The lowest BCUT2D eigenvalue weighted by Crippen LogP contribution is -1.95. The maximum absolute atomic E-state index is 12.8. The minimum absolute atomic E-state index is 0.228. The van der Waals surface area contributed by atoms with Gasteiger partial charge in [-0.15, -0.1) is 11.6 Å². The summed E-state index contributed by atoms with van der Waals surface area (Å²) in [6.45, 7) is 4.09. The molecule has 0 aliphatic heterocycles. The molecular formula is C15H14ClF. The molecule has 0 aliphatic carbocycles. The highest BCUT2D eigenvalue weighted by Gasteiger charge is 2.11. The minimum Gasteiger partial charge on any atom is -0.207 e. The molecule has 88 valence electrons. The molecule has 0 aromatic heterocycles. The molecule has 17 heavy (non-hydrogen) atoms. The van der Waals surface area contributed by atoms with E-state index in [-0.39, 0.29) is 11.2 Å². The van der Waals surface area contributed by atoms with E-state index in [4.69, 9.17) is 11.6 Å². The normalized spacial score (nSPS) is 12.5. The molecule has 1 unspecified atom stereocenters. The van der Waals surface area contributed by atoms with E-state index >= 15 is 0 Å². The summed E-state index contributed by atoms with van der Waals surface area (Å²) in [5.74, 6) is -0.238. The third kappa shape index (κ3) is 2.86. The van der Waals surface area contributed by atoms with Crippen molar-refractivity contribution in [2.24, 2.45) is 0 Å². The fourth-order valence-electron chi connectivity index (χ4n) is 1.98. The second-order valence-electron chi connectivity index (χ2n) is 4.34. The van der Waals surface area contributed by atoms with Gasteiger partial charge in [-0.05, 0) is 37.1 Å². The van der Waals surface area contributed by atoms with Crippen LogP contribution in [0.25, 0.3) is 0 Å². The van der Waals surface area contributed by atoms with Gasteiger partial charge in [-0.3, -0.25) is 0 Å². The van der Waals surface area contributed by atoms with Crippen LogP contribution >= 0.6 is 11.6 Å². The molecule has 0 nitrogen and oxygen atoms in total. The first-order valence-electron chi connectivity index (χ1n) is 5.54. The van der Waals surface area contributed by atoms with Gasteiger partial charge in [0.05, 0.1) is 5.38 Å². The number of hydrogen-bond acceptors (Lipinski definition) is 0. The second kappa shape index (κ2) is 4.89. The first kappa shape index (κ1) is 12.1. The van der Waals surface area contributed by atoms with Crippen molar-refractivity contribution in [3.63, 3.8) is 0 Å². The van der Waals surface area contributed by atoms with E-state index in [0.29, 0.717) is 0 Å². The lowest BCUT2D eigenvalue weighted by molar-refractivity contribution is 0.627. The summed E-state index contributed by atoms with van der Waals surface area (Å²) in [4.78, 5) is 0. The van der Waals surface area contributed by atoms with Crippen LogP contribution in [0.1, 0.15) is 27.6 Å². The number of halogens is 2. The third-order valence-electron chi connectivity index (χ3n) is 2.70. The van der Waals surface area contributed by atoms with Crippen molar-refractivity contribution in [2.45, 2.75) is 19.2 Å². The van der Waals surface area contributed by atoms with Crippen LogP contribution in [0.5, 0.6) is 0 Å². The predicted octanol–water partition coefficient (Wildman–Crippen LogP) is 4.77. The van der Waals surface area contributed by atoms with Crippen molar-refractivity contribution in [1.29, 1.82) is 0 Å². The molecule has 2 aromatic carbocycles. The minimum atomic E-state index is -0.238. The maximum atomic E-state index is 12.8. The molecule has 0 heterocycles. The Bertz CT molecular complexity index is 497. The van der Waals surface area contributed by atoms with Gasteiger partial charge in [0.15, 0.2) is 0 Å². The molecule has 2 aromatic rings. The van der Waals surface area contributed by atoms with E-state index in [9.17, 15) is 4.39 Å². The molecule has 0 fully saturated rings. The molecule has 0 saturated heterocycles. The summed E-state index contributed by atoms with van der Waals surface area (Å²) in [7, 11) is 0. The summed E-state index contributed by atoms with van der Waals surface area (Å²) in [5, 5.41) is -0.228. The Labute approximate surface area is 106 Å². The topological polar surface area (TPSA) is 0 Å². The predicted molar refractivity (Wildman–Crippen MR) is 70.0 cm³/mol. The molecule has 0 saturated carbocycles. The Hall–Kier alpha value is -1.34. The Balaban J connectivity index is 2.36. The molecule has 2 heteroatoms. The summed E-state index contributed by atoms with van der Waals surface area (Å²) in [6.07, 6.45) is 0. The van der Waals surface area contributed by atoms with Crippen LogP contribution in [-0.2, 0) is 0 Å². The van der Waals surface area contributed by atoms with E-state index in [1.165, 1.54) is 23.3 Å². The van der Waals surface area contributed by atoms with Gasteiger partial charge < -0.3 is 0 Å². The van der Waals surface area contributed by atoms with Gasteiger partial charge in [0.2, 0.25) is 0 Å². The second-order valence-corrected chi connectivity index (χ2v) is 4.77. The molecule has 0 radical (unpaired) electrons. The summed E-state index contributed by atoms with van der Waals surface area (Å²) >= 11 is 6.41. The van der Waals surface area contributed by atoms with E-state index in [1.807, 2.05) is 13.8 Å². The van der Waals surface area contributed by atoms with Gasteiger partial charge in [0.1, 0.15) is 5.82 Å². The van der Waals surface area contributed by atoms with Crippen LogP contribution in [0.4, 0.5) is 4.39 Å². The van der Waals surface area contributed by atoms with Crippen molar-refractivity contribution in [3.05, 3.63) is 70.5 Å². The maximum Gasteiger partial charge on any atom is 0.123 e. The van der Waals surface area contributed by atoms with Crippen LogP contribution in [0.3, 0.4) is 0 Å². The van der Waals surface area contributed by atoms with E-state index in [0.717, 1.165) is 11.1 Å². The Morgan fingerprint density at radius 3 is 1.94 bits per heavy atom. The zero-order valence-corrected chi connectivity index (χ0v) is 10.6. The van der Waals surface area contributed by atoms with Crippen LogP contribution < -0.4 is 0 Å². The number of aryl methyl sites for hydroxylation is 2. The largest absolute Gasteiger partial charge is 0.207 e. The lowest BCUT2D eigenvalue weighted by Gasteiger charge is -2.12. The van der Waals surface area contributed by atoms with E-state index in [1.54, 1.807) is 12.1 Å². The van der Waals surface area contributed by atoms with E-state index < -0.39 is 0 Å². The monoisotopic (exact) mass is 248 g/mol. The van der Waals surface area contributed by atoms with Crippen LogP contribution in [0, 0.1) is 19.7 Å². The zero-order valence-electron chi connectivity index (χ0n) is 9.87. The Kier molecular flexibility index (Phi) is 3.49. The molecule has 0 bridgehead atoms. The zero-order chi connectivity index (χ0) is 12.4. The molecule has 2 rings (SSSR count). The highest BCUT2D eigenvalue weighted by Crippen LogP contribution is 2.29. The fraction of sp³-hybridized carbons (Fsp3) is 0.200. The SMILES string of the molecule is Cc1cc(C)cc(C(Cl)c2ccc(F)cc2)c1. The van der Waals surface area contributed by atoms with Crippen molar-refractivity contribution < 1.29 is 4.39 Å². The molecule has 0 spiro atoms. The van der Waals surface area contributed by atoms with Gasteiger partial charge in [-0.25, -0.2) is 4.39 Å². The van der Waals surface area contributed by atoms with Crippen molar-refractivity contribution >= 4 is 11.6 Å². The molecule has 1 atom stereocenters. The van der Waals surface area contributed by atoms with E-state index in [2.05, 4.69) is 18.2 Å². The quantitative estimate of drug-likeness (QED) is 0.672. The highest BCUT2D eigenvalue weighted by atomic mass is 35.5. The lowest BCUT2D eigenvalue weighted by atomic mass is 10.0. The highest BCUT2D eigenvalue weighted by molar-refractivity contribution is 6.22. The summed E-state index contributed by atoms with van der Waals surface area (Å²) in [6, 6.07) is 12.6. The number of alkyl halides is 1. The third-order valence-corrected chi connectivity index (χ3v) is 3.20. The van der Waals surface area contributed by atoms with Crippen molar-refractivity contribution in [1.82, 2.24) is 0 Å². The number of benzene rings is 2. The Morgan fingerprint density at radius 1 is 0.882 bits per heavy atom. The first-order chi connectivity index (χ1) is 8.06. The van der Waals surface area contributed by atoms with Gasteiger partial charge in [0, 0.05) is 0 Å². The first-order valence-corrected chi connectivity index (χ1v) is 5.97. The van der Waals surface area contributed by atoms with Crippen molar-refractivity contribution in [3.8, 4) is 0 Å². The standard InChI is InChI=1S/C15H14ClF/c1-10-7-11(2)9-13(8-10)15(16)12-3-5-14(17)6-4-12/h3-9,15H,1-2H3. The molecule has 0 amide bonds. The van der Waals surface area contributed by atoms with Crippen LogP contribution in [-0.4, -0.2) is 0 Å². The van der Waals surface area contributed by atoms with Gasteiger partial charge in [-0.1, -0.05) is 41.5 Å². The molecule has 0 aliphatic rings. The molecular weight excluding hydrogens is 235 g/mol. The van der Waals surface area contributed by atoms with Crippen LogP contribution in [0.15, 0.2) is 42.5 Å². The molecule has 0 N–H and O–H groups in total. The van der Waals surface area contributed by atoms with Gasteiger partial charge in [-0.2, -0.15) is 0 Å². The Morgan fingerprint density at radius 2 is 1.41 bits per heavy atom. The average molecular weight is 249 g/mol. The summed E-state index contributed by atoms with van der Waals surface area (Å²) in [5.41, 5.74) is 4.34. The smallest absolute Gasteiger partial charge is 0.123 e. The van der Waals surface area contributed by atoms with Crippen LogP contribution in [0.2, 0.25) is 0 Å². The van der Waals surface area contributed by atoms with Crippen molar-refractivity contribution in [2.75, 3.05) is 0 Å². The fourth-order valence-corrected chi connectivity index (χ4v) is 2.25. The number of rotatable bonds is 2. The van der Waals surface area contributed by atoms with Gasteiger partial charge >= 0.3 is 0 Å². The average Bonchev–Trinajstić information content (AvgIpc) is 2.28.